The van der Waals surface area contributed by atoms with Crippen molar-refractivity contribution >= 4 is 23.5 Å². The van der Waals surface area contributed by atoms with Gasteiger partial charge in [-0.15, -0.1) is 5.10 Å². The molecule has 0 atom stereocenters. The van der Waals surface area contributed by atoms with Crippen molar-refractivity contribution in [3.05, 3.63) is 63.9 Å². The maximum atomic E-state index is 13.7. The summed E-state index contributed by atoms with van der Waals surface area (Å²) in [6.45, 7) is 0. The summed E-state index contributed by atoms with van der Waals surface area (Å²) in [6, 6.07) is 8.20. The molecule has 3 aromatic rings. The zero-order chi connectivity index (χ0) is 20.5. The van der Waals surface area contributed by atoms with Crippen LogP contribution in [-0.2, 0) is 12.6 Å². The van der Waals surface area contributed by atoms with Crippen LogP contribution in [0.4, 0.5) is 19.1 Å². The van der Waals surface area contributed by atoms with Crippen molar-refractivity contribution < 1.29 is 18.0 Å². The van der Waals surface area contributed by atoms with Gasteiger partial charge in [0, 0.05) is 29.6 Å². The zero-order valence-corrected chi connectivity index (χ0v) is 15.3. The summed E-state index contributed by atoms with van der Waals surface area (Å²) in [7, 11) is 1.47. The molecule has 3 rings (SSSR count). The molecule has 6 nitrogen and oxygen atoms in total. The van der Waals surface area contributed by atoms with Gasteiger partial charge in [-0.2, -0.15) is 18.2 Å². The van der Waals surface area contributed by atoms with E-state index in [0.717, 1.165) is 6.07 Å². The molecule has 0 bridgehead atoms. The fourth-order valence-electron chi connectivity index (χ4n) is 2.80. The second-order valence-electron chi connectivity index (χ2n) is 5.97. The molecule has 0 unspecified atom stereocenters. The Morgan fingerprint density at radius 1 is 1.25 bits per heavy atom. The maximum Gasteiger partial charge on any atom is 0.417 e. The number of rotatable bonds is 4. The summed E-state index contributed by atoms with van der Waals surface area (Å²) in [6.07, 6.45) is -4.57. The Kier molecular flexibility index (Phi) is 5.28. The Bertz CT molecular complexity index is 1020. The highest BCUT2D eigenvalue weighted by atomic mass is 35.5. The highest BCUT2D eigenvalue weighted by Crippen LogP contribution is 2.42. The van der Waals surface area contributed by atoms with Crippen LogP contribution in [-0.4, -0.2) is 28.1 Å². The second kappa shape index (κ2) is 7.51. The number of anilines is 1. The SMILES string of the molecule is CNC(=O)c1ccc(-c2c(Cl)cc(Cc3nc(N)n[nH]3)cc2C(F)(F)F)cc1. The monoisotopic (exact) mass is 409 g/mol. The lowest BCUT2D eigenvalue weighted by atomic mass is 9.95. The Hall–Kier alpha value is -3.07. The third-order valence-electron chi connectivity index (χ3n) is 4.04. The van der Waals surface area contributed by atoms with Crippen LogP contribution < -0.4 is 11.1 Å². The highest BCUT2D eigenvalue weighted by molar-refractivity contribution is 6.33. The number of H-pyrrole nitrogens is 1. The summed E-state index contributed by atoms with van der Waals surface area (Å²) >= 11 is 6.23. The number of nitrogens with zero attached hydrogens (tertiary/aromatic N) is 2. The summed E-state index contributed by atoms with van der Waals surface area (Å²) in [5.74, 6) is -0.00953. The molecule has 28 heavy (non-hydrogen) atoms. The smallest absolute Gasteiger partial charge is 0.367 e. The van der Waals surface area contributed by atoms with E-state index in [9.17, 15) is 18.0 Å². The normalized spacial score (nSPS) is 11.5. The molecule has 146 valence electrons. The highest BCUT2D eigenvalue weighted by Gasteiger charge is 2.35. The van der Waals surface area contributed by atoms with Crippen LogP contribution in [0.2, 0.25) is 5.02 Å². The number of carbonyl (C=O) groups is 1. The molecule has 0 saturated heterocycles. The van der Waals surface area contributed by atoms with Gasteiger partial charge in [0.05, 0.1) is 5.56 Å². The molecule has 0 aliphatic rings. The first-order valence-corrected chi connectivity index (χ1v) is 8.45. The molecule has 1 amide bonds. The van der Waals surface area contributed by atoms with Gasteiger partial charge in [-0.3, -0.25) is 9.89 Å². The van der Waals surface area contributed by atoms with E-state index in [-0.39, 0.29) is 34.4 Å². The van der Waals surface area contributed by atoms with Crippen molar-refractivity contribution in [1.82, 2.24) is 20.5 Å². The van der Waals surface area contributed by atoms with Gasteiger partial charge in [0.25, 0.3) is 5.91 Å². The van der Waals surface area contributed by atoms with Crippen molar-refractivity contribution in [1.29, 1.82) is 0 Å². The Morgan fingerprint density at radius 3 is 2.46 bits per heavy atom. The third kappa shape index (κ3) is 4.09. The van der Waals surface area contributed by atoms with Crippen molar-refractivity contribution in [2.75, 3.05) is 12.8 Å². The van der Waals surface area contributed by atoms with Crippen molar-refractivity contribution in [3.63, 3.8) is 0 Å². The van der Waals surface area contributed by atoms with Crippen LogP contribution in [0.15, 0.2) is 36.4 Å². The number of benzene rings is 2. The summed E-state index contributed by atoms with van der Waals surface area (Å²) < 4.78 is 41.2. The van der Waals surface area contributed by atoms with Crippen molar-refractivity contribution in [2.45, 2.75) is 12.6 Å². The topological polar surface area (TPSA) is 96.7 Å². The zero-order valence-electron chi connectivity index (χ0n) is 14.6. The summed E-state index contributed by atoms with van der Waals surface area (Å²) in [4.78, 5) is 15.5. The number of nitrogens with one attached hydrogen (secondary N) is 2. The number of carbonyl (C=O) groups excluding carboxylic acids is 1. The number of nitrogens with two attached hydrogens (primary N) is 1. The molecule has 0 aliphatic carbocycles. The molecule has 0 aliphatic heterocycles. The average Bonchev–Trinajstić information content (AvgIpc) is 3.05. The largest absolute Gasteiger partial charge is 0.417 e. The van der Waals surface area contributed by atoms with Crippen LogP contribution in [0.25, 0.3) is 11.1 Å². The molecule has 0 radical (unpaired) electrons. The van der Waals surface area contributed by atoms with Crippen LogP contribution >= 0.6 is 11.6 Å². The van der Waals surface area contributed by atoms with E-state index in [4.69, 9.17) is 17.3 Å². The van der Waals surface area contributed by atoms with Crippen molar-refractivity contribution in [3.8, 4) is 11.1 Å². The fraction of sp³-hybridized carbons (Fsp3) is 0.167. The maximum absolute atomic E-state index is 13.7. The van der Waals surface area contributed by atoms with Crippen LogP contribution in [0.3, 0.4) is 0 Å². The van der Waals surface area contributed by atoms with E-state index in [1.54, 1.807) is 0 Å². The summed E-state index contributed by atoms with van der Waals surface area (Å²) in [5.41, 5.74) is 5.27. The molecule has 2 aromatic carbocycles. The number of aromatic amines is 1. The number of halogens is 4. The van der Waals surface area contributed by atoms with Crippen molar-refractivity contribution in [2.24, 2.45) is 0 Å². The number of aromatic nitrogens is 3. The fourth-order valence-corrected chi connectivity index (χ4v) is 3.15. The Labute approximate surface area is 162 Å². The second-order valence-corrected chi connectivity index (χ2v) is 6.38. The molecule has 0 fully saturated rings. The molecule has 1 aromatic heterocycles. The lowest BCUT2D eigenvalue weighted by molar-refractivity contribution is -0.137. The number of hydrogen-bond acceptors (Lipinski definition) is 4. The molecule has 0 saturated carbocycles. The van der Waals surface area contributed by atoms with Gasteiger partial charge in [-0.05, 0) is 35.4 Å². The van der Waals surface area contributed by atoms with Gasteiger partial charge < -0.3 is 11.1 Å². The molecule has 0 spiro atoms. The van der Waals surface area contributed by atoms with E-state index in [2.05, 4.69) is 20.5 Å². The lowest BCUT2D eigenvalue weighted by Gasteiger charge is -2.17. The van der Waals surface area contributed by atoms with E-state index in [1.165, 1.54) is 37.4 Å². The minimum Gasteiger partial charge on any atom is -0.367 e. The van der Waals surface area contributed by atoms with Crippen LogP contribution in [0, 0.1) is 0 Å². The van der Waals surface area contributed by atoms with E-state index < -0.39 is 11.7 Å². The van der Waals surface area contributed by atoms with Gasteiger partial charge in [-0.25, -0.2) is 0 Å². The minimum absolute atomic E-state index is 0.00460. The van der Waals surface area contributed by atoms with Gasteiger partial charge >= 0.3 is 6.18 Å². The van der Waals surface area contributed by atoms with E-state index in [1.807, 2.05) is 0 Å². The average molecular weight is 410 g/mol. The predicted molar refractivity (Wildman–Crippen MR) is 98.9 cm³/mol. The van der Waals surface area contributed by atoms with E-state index in [0.29, 0.717) is 17.0 Å². The predicted octanol–water partition coefficient (Wildman–Crippen LogP) is 3.68. The Morgan fingerprint density at radius 2 is 1.93 bits per heavy atom. The molecule has 4 N–H and O–H groups in total. The third-order valence-corrected chi connectivity index (χ3v) is 4.34. The van der Waals surface area contributed by atoms with E-state index >= 15 is 0 Å². The first kappa shape index (κ1) is 19.7. The first-order chi connectivity index (χ1) is 13.2. The summed E-state index contributed by atoms with van der Waals surface area (Å²) in [5, 5.41) is 8.59. The Balaban J connectivity index is 2.06. The van der Waals surface area contributed by atoms with Gasteiger partial charge in [0.2, 0.25) is 5.95 Å². The molecular formula is C18H15ClF3N5O. The number of nitrogen functional groups attached to an aromatic ring is 1. The minimum atomic E-state index is -4.63. The number of amides is 1. The lowest BCUT2D eigenvalue weighted by Crippen LogP contribution is -2.17. The molecular weight excluding hydrogens is 395 g/mol. The van der Waals surface area contributed by atoms with Crippen LogP contribution in [0.5, 0.6) is 0 Å². The molecule has 10 heteroatoms. The number of alkyl halides is 3. The van der Waals surface area contributed by atoms with Gasteiger partial charge in [0.1, 0.15) is 5.82 Å². The standard InChI is InChI=1S/C18H15ClF3N5O/c1-24-16(28)11-4-2-10(3-5-11)15-12(18(20,21)22)6-9(7-13(15)19)8-14-25-17(23)27-26-14/h2-7H,8H2,1H3,(H,24,28)(H3,23,25,26,27). The quantitative estimate of drug-likeness (QED) is 0.612. The first-order valence-electron chi connectivity index (χ1n) is 8.08. The van der Waals surface area contributed by atoms with Gasteiger partial charge in [-0.1, -0.05) is 23.7 Å². The van der Waals surface area contributed by atoms with Gasteiger partial charge in [0.15, 0.2) is 0 Å². The molecule has 1 heterocycles. The van der Waals surface area contributed by atoms with Crippen LogP contribution in [0.1, 0.15) is 27.3 Å². The number of hydrogen-bond donors (Lipinski definition) is 3.